The van der Waals surface area contributed by atoms with Crippen LogP contribution in [-0.2, 0) is 0 Å². The summed E-state index contributed by atoms with van der Waals surface area (Å²) in [5.41, 5.74) is 3.91. The van der Waals surface area contributed by atoms with Crippen LogP contribution in [0.1, 0.15) is 15.9 Å². The number of halogens is 2. The lowest BCUT2D eigenvalue weighted by atomic mass is 9.98. The number of methoxy groups -OCH3 is 1. The molecular formula is C27H18Cl2N2O2S. The molecule has 34 heavy (non-hydrogen) atoms. The monoisotopic (exact) mass is 504 g/mol. The van der Waals surface area contributed by atoms with Crippen LogP contribution in [0.5, 0.6) is 5.75 Å². The van der Waals surface area contributed by atoms with Crippen LogP contribution in [0.15, 0.2) is 83.9 Å². The summed E-state index contributed by atoms with van der Waals surface area (Å²) in [6.07, 6.45) is 0. The van der Waals surface area contributed by atoms with Crippen LogP contribution in [0.2, 0.25) is 10.0 Å². The maximum absolute atomic E-state index is 12.8. The molecule has 4 rings (SSSR count). The van der Waals surface area contributed by atoms with Crippen molar-refractivity contribution in [3.63, 3.8) is 0 Å². The quantitative estimate of drug-likeness (QED) is 0.191. The van der Waals surface area contributed by atoms with Crippen molar-refractivity contribution < 1.29 is 9.53 Å². The number of ketones is 1. The van der Waals surface area contributed by atoms with Crippen LogP contribution in [0.25, 0.3) is 22.4 Å². The van der Waals surface area contributed by atoms with Crippen LogP contribution in [-0.4, -0.2) is 23.6 Å². The summed E-state index contributed by atoms with van der Waals surface area (Å²) in [4.78, 5) is 17.6. The molecule has 0 aliphatic rings. The molecule has 0 saturated heterocycles. The van der Waals surface area contributed by atoms with E-state index in [0.717, 1.165) is 11.1 Å². The van der Waals surface area contributed by atoms with E-state index < -0.39 is 0 Å². The zero-order valence-electron chi connectivity index (χ0n) is 18.1. The topological polar surface area (TPSA) is 63.0 Å². The first-order valence-corrected chi connectivity index (χ1v) is 12.0. The van der Waals surface area contributed by atoms with Crippen molar-refractivity contribution in [1.82, 2.24) is 4.98 Å². The smallest absolute Gasteiger partial charge is 0.173 e. The number of nitrogens with zero attached hydrogens (tertiary/aromatic N) is 2. The minimum absolute atomic E-state index is 0.0866. The Hall–Kier alpha value is -3.30. The summed E-state index contributed by atoms with van der Waals surface area (Å²) >= 11 is 13.3. The summed E-state index contributed by atoms with van der Waals surface area (Å²) in [5, 5.41) is 11.2. The van der Waals surface area contributed by atoms with Gasteiger partial charge in [0.25, 0.3) is 0 Å². The maximum Gasteiger partial charge on any atom is 0.173 e. The van der Waals surface area contributed by atoms with Crippen LogP contribution in [0, 0.1) is 11.3 Å². The number of hydrogen-bond acceptors (Lipinski definition) is 5. The SMILES string of the molecule is COc1ccccc1-c1cc(-c2ccccc2)nc(SCC(=O)c2ccc(Cl)c(Cl)c2)c1C#N. The van der Waals surface area contributed by atoms with Crippen molar-refractivity contribution in [2.75, 3.05) is 12.9 Å². The Balaban J connectivity index is 1.78. The maximum atomic E-state index is 12.8. The van der Waals surface area contributed by atoms with Gasteiger partial charge in [-0.05, 0) is 30.3 Å². The number of para-hydroxylation sites is 1. The highest BCUT2D eigenvalue weighted by Gasteiger charge is 2.19. The Morgan fingerprint density at radius 1 is 0.971 bits per heavy atom. The molecule has 3 aromatic carbocycles. The van der Waals surface area contributed by atoms with E-state index in [-0.39, 0.29) is 11.5 Å². The fourth-order valence-electron chi connectivity index (χ4n) is 3.46. The summed E-state index contributed by atoms with van der Waals surface area (Å²) in [6, 6.07) is 26.2. The van der Waals surface area contributed by atoms with E-state index in [2.05, 4.69) is 6.07 Å². The second kappa shape index (κ2) is 10.8. The van der Waals surface area contributed by atoms with Crippen molar-refractivity contribution in [2.24, 2.45) is 0 Å². The highest BCUT2D eigenvalue weighted by atomic mass is 35.5. The average molecular weight is 505 g/mol. The van der Waals surface area contributed by atoms with Crippen LogP contribution in [0.3, 0.4) is 0 Å². The molecular weight excluding hydrogens is 487 g/mol. The van der Waals surface area contributed by atoms with Crippen LogP contribution >= 0.6 is 35.0 Å². The minimum Gasteiger partial charge on any atom is -0.496 e. The zero-order valence-corrected chi connectivity index (χ0v) is 20.4. The molecule has 0 radical (unpaired) electrons. The third-order valence-corrected chi connectivity index (χ3v) is 6.86. The lowest BCUT2D eigenvalue weighted by Gasteiger charge is -2.14. The van der Waals surface area contributed by atoms with Gasteiger partial charge in [-0.15, -0.1) is 0 Å². The Morgan fingerprint density at radius 2 is 1.71 bits per heavy atom. The number of carbonyl (C=O) groups is 1. The third kappa shape index (κ3) is 5.10. The van der Waals surface area contributed by atoms with Gasteiger partial charge in [-0.25, -0.2) is 4.98 Å². The van der Waals surface area contributed by atoms with Gasteiger partial charge >= 0.3 is 0 Å². The van der Waals surface area contributed by atoms with Crippen LogP contribution in [0.4, 0.5) is 0 Å². The highest BCUT2D eigenvalue weighted by molar-refractivity contribution is 8.00. The molecule has 0 aliphatic heterocycles. The molecule has 0 amide bonds. The molecule has 0 saturated carbocycles. The second-order valence-electron chi connectivity index (χ2n) is 7.25. The van der Waals surface area contributed by atoms with Crippen molar-refractivity contribution in [1.29, 1.82) is 5.26 Å². The van der Waals surface area contributed by atoms with Gasteiger partial charge < -0.3 is 4.74 Å². The van der Waals surface area contributed by atoms with Crippen LogP contribution < -0.4 is 4.74 Å². The number of pyridine rings is 1. The number of aromatic nitrogens is 1. The lowest BCUT2D eigenvalue weighted by Crippen LogP contribution is -2.04. The van der Waals surface area contributed by atoms with Gasteiger partial charge in [-0.2, -0.15) is 5.26 Å². The second-order valence-corrected chi connectivity index (χ2v) is 9.03. The zero-order chi connectivity index (χ0) is 24.1. The van der Waals surface area contributed by atoms with Gasteiger partial charge in [-0.1, -0.05) is 83.5 Å². The number of Topliss-reactive ketones (excluding diaryl/α,β-unsaturated/α-hetero) is 1. The van der Waals surface area contributed by atoms with E-state index in [1.165, 1.54) is 11.8 Å². The number of carbonyl (C=O) groups excluding carboxylic acids is 1. The van der Waals surface area contributed by atoms with Crippen molar-refractivity contribution in [3.05, 3.63) is 100 Å². The van der Waals surface area contributed by atoms with Gasteiger partial charge in [0.1, 0.15) is 16.8 Å². The van der Waals surface area contributed by atoms with Gasteiger partial charge in [-0.3, -0.25) is 4.79 Å². The normalized spacial score (nSPS) is 10.5. The number of hydrogen-bond donors (Lipinski definition) is 0. The fourth-order valence-corrected chi connectivity index (χ4v) is 4.65. The number of ether oxygens (including phenoxy) is 1. The molecule has 0 atom stereocenters. The number of thioether (sulfide) groups is 1. The molecule has 0 fully saturated rings. The van der Waals surface area contributed by atoms with Gasteiger partial charge in [0.2, 0.25) is 0 Å². The summed E-state index contributed by atoms with van der Waals surface area (Å²) < 4.78 is 5.55. The lowest BCUT2D eigenvalue weighted by molar-refractivity contribution is 0.102. The minimum atomic E-state index is -0.141. The molecule has 0 aliphatic carbocycles. The van der Waals surface area contributed by atoms with Crippen molar-refractivity contribution in [2.45, 2.75) is 5.03 Å². The average Bonchev–Trinajstić information content (AvgIpc) is 2.88. The van der Waals surface area contributed by atoms with Gasteiger partial charge in [0.15, 0.2) is 5.78 Å². The molecule has 1 aromatic heterocycles. The van der Waals surface area contributed by atoms with E-state index in [1.54, 1.807) is 25.3 Å². The largest absolute Gasteiger partial charge is 0.496 e. The highest BCUT2D eigenvalue weighted by Crippen LogP contribution is 2.38. The Morgan fingerprint density at radius 3 is 2.41 bits per heavy atom. The molecule has 4 nitrogen and oxygen atoms in total. The number of rotatable bonds is 7. The Labute approximate surface area is 212 Å². The molecule has 0 N–H and O–H groups in total. The number of nitriles is 1. The summed E-state index contributed by atoms with van der Waals surface area (Å²) in [5.74, 6) is 0.591. The molecule has 168 valence electrons. The Bertz CT molecular complexity index is 1400. The molecule has 0 bridgehead atoms. The van der Waals surface area contributed by atoms with E-state index in [4.69, 9.17) is 32.9 Å². The van der Waals surface area contributed by atoms with E-state index in [0.29, 0.717) is 43.2 Å². The first-order valence-electron chi connectivity index (χ1n) is 10.3. The number of benzene rings is 3. The summed E-state index contributed by atoms with van der Waals surface area (Å²) in [7, 11) is 1.59. The fraction of sp³-hybridized carbons (Fsp3) is 0.0741. The van der Waals surface area contributed by atoms with E-state index in [9.17, 15) is 10.1 Å². The Kier molecular flexibility index (Phi) is 7.54. The van der Waals surface area contributed by atoms with Crippen molar-refractivity contribution >= 4 is 40.7 Å². The molecule has 7 heteroatoms. The molecule has 0 unspecified atom stereocenters. The van der Waals surface area contributed by atoms with E-state index >= 15 is 0 Å². The molecule has 4 aromatic rings. The van der Waals surface area contributed by atoms with E-state index in [1.807, 2.05) is 60.7 Å². The predicted octanol–water partition coefficient (Wildman–Crippen LogP) is 7.58. The molecule has 0 spiro atoms. The van der Waals surface area contributed by atoms with Gasteiger partial charge in [0, 0.05) is 22.3 Å². The summed E-state index contributed by atoms with van der Waals surface area (Å²) in [6.45, 7) is 0. The first-order chi connectivity index (χ1) is 16.5. The molecule has 1 heterocycles. The van der Waals surface area contributed by atoms with Gasteiger partial charge in [0.05, 0.1) is 34.2 Å². The standard InChI is InChI=1S/C27H18Cl2N2O2S/c1-33-26-10-6-5-9-19(26)20-14-24(17-7-3-2-4-8-17)31-27(21(20)15-30)34-16-25(32)18-11-12-22(28)23(29)13-18/h2-14H,16H2,1H3. The third-order valence-electron chi connectivity index (χ3n) is 5.15. The predicted molar refractivity (Wildman–Crippen MR) is 138 cm³/mol. The van der Waals surface area contributed by atoms with Crippen molar-refractivity contribution in [3.8, 4) is 34.2 Å². The first kappa shape index (κ1) is 23.8.